The zero-order chi connectivity index (χ0) is 18.7. The van der Waals surface area contributed by atoms with Gasteiger partial charge in [-0.2, -0.15) is 0 Å². The molecule has 3 rings (SSSR count). The molecular formula is C18H13Cl2FN4O. The van der Waals surface area contributed by atoms with Gasteiger partial charge in [0, 0.05) is 10.7 Å². The molecule has 0 bridgehead atoms. The molecule has 1 heterocycles. The number of para-hydroxylation sites is 1. The van der Waals surface area contributed by atoms with E-state index < -0.39 is 11.7 Å². The number of nitrogens with one attached hydrogen (secondary N) is 2. The molecule has 1 amide bonds. The second-order valence-electron chi connectivity index (χ2n) is 5.40. The van der Waals surface area contributed by atoms with Gasteiger partial charge in [0.15, 0.2) is 0 Å². The fourth-order valence-electron chi connectivity index (χ4n) is 2.20. The first-order valence-corrected chi connectivity index (χ1v) is 8.31. The van der Waals surface area contributed by atoms with E-state index in [0.717, 1.165) is 0 Å². The highest BCUT2D eigenvalue weighted by Crippen LogP contribution is 2.27. The van der Waals surface area contributed by atoms with Crippen LogP contribution in [0, 0.1) is 12.7 Å². The van der Waals surface area contributed by atoms with Crippen LogP contribution in [0.5, 0.6) is 0 Å². The molecule has 0 saturated carbocycles. The van der Waals surface area contributed by atoms with Crippen molar-refractivity contribution in [3.8, 4) is 0 Å². The van der Waals surface area contributed by atoms with Crippen molar-refractivity contribution in [3.63, 3.8) is 0 Å². The highest BCUT2D eigenvalue weighted by atomic mass is 35.5. The maximum absolute atomic E-state index is 13.7. The Kier molecular flexibility index (Phi) is 5.35. The normalized spacial score (nSPS) is 10.5. The summed E-state index contributed by atoms with van der Waals surface area (Å²) in [6.45, 7) is 1.71. The summed E-state index contributed by atoms with van der Waals surface area (Å²) < 4.78 is 13.7. The Morgan fingerprint density at radius 2 is 1.81 bits per heavy atom. The van der Waals surface area contributed by atoms with Crippen molar-refractivity contribution in [2.24, 2.45) is 0 Å². The minimum absolute atomic E-state index is 0.0705. The first-order valence-electron chi connectivity index (χ1n) is 7.56. The molecule has 0 atom stereocenters. The van der Waals surface area contributed by atoms with Gasteiger partial charge in [-0.15, -0.1) is 0 Å². The summed E-state index contributed by atoms with van der Waals surface area (Å²) >= 11 is 12.1. The lowest BCUT2D eigenvalue weighted by molar-refractivity contribution is 0.102. The number of aromatic nitrogens is 2. The lowest BCUT2D eigenvalue weighted by atomic mass is 10.2. The molecule has 26 heavy (non-hydrogen) atoms. The Balaban J connectivity index is 1.86. The van der Waals surface area contributed by atoms with Crippen molar-refractivity contribution in [3.05, 3.63) is 75.8 Å². The standard InChI is InChI=1S/C18H13Cl2FN4O/c1-10-8-16(17(26)23-14-5-3-2-4-13(14)21)25-18(22-10)24-15-9-11(19)6-7-12(15)20/h2-9H,1H3,(H,23,26)(H,22,24,25). The largest absolute Gasteiger partial charge is 0.323 e. The van der Waals surface area contributed by atoms with Gasteiger partial charge in [0.05, 0.1) is 16.4 Å². The Hall–Kier alpha value is -2.70. The minimum Gasteiger partial charge on any atom is -0.323 e. The molecule has 0 radical (unpaired) electrons. The quantitative estimate of drug-likeness (QED) is 0.640. The molecule has 0 fully saturated rings. The molecular weight excluding hydrogens is 378 g/mol. The number of carbonyl (C=O) groups excluding carboxylic acids is 1. The maximum Gasteiger partial charge on any atom is 0.274 e. The van der Waals surface area contributed by atoms with Gasteiger partial charge >= 0.3 is 0 Å². The van der Waals surface area contributed by atoms with E-state index in [1.54, 1.807) is 31.2 Å². The average molecular weight is 391 g/mol. The van der Waals surface area contributed by atoms with Crippen LogP contribution in [0.1, 0.15) is 16.2 Å². The Bertz CT molecular complexity index is 981. The van der Waals surface area contributed by atoms with Crippen molar-refractivity contribution < 1.29 is 9.18 Å². The van der Waals surface area contributed by atoms with Crippen molar-refractivity contribution in [1.82, 2.24) is 9.97 Å². The van der Waals surface area contributed by atoms with Crippen LogP contribution in [-0.4, -0.2) is 15.9 Å². The molecule has 0 aliphatic carbocycles. The third-order valence-corrected chi connectivity index (χ3v) is 3.95. The summed E-state index contributed by atoms with van der Waals surface area (Å²) in [5.74, 6) is -0.913. The number of nitrogens with zero attached hydrogens (tertiary/aromatic N) is 2. The number of aryl methyl sites for hydroxylation is 1. The predicted octanol–water partition coefficient (Wildman–Crippen LogP) is 5.23. The summed E-state index contributed by atoms with van der Waals surface area (Å²) in [4.78, 5) is 20.8. The monoisotopic (exact) mass is 390 g/mol. The van der Waals surface area contributed by atoms with Gasteiger partial charge in [-0.3, -0.25) is 4.79 Å². The molecule has 2 aromatic carbocycles. The maximum atomic E-state index is 13.7. The highest BCUT2D eigenvalue weighted by molar-refractivity contribution is 6.35. The molecule has 0 aliphatic heterocycles. The van der Waals surface area contributed by atoms with E-state index >= 15 is 0 Å². The first kappa shape index (κ1) is 18.1. The van der Waals surface area contributed by atoms with Crippen LogP contribution < -0.4 is 10.6 Å². The topological polar surface area (TPSA) is 66.9 Å². The SMILES string of the molecule is Cc1cc(C(=O)Nc2ccccc2F)nc(Nc2cc(Cl)ccc2Cl)n1. The van der Waals surface area contributed by atoms with Crippen molar-refractivity contribution >= 4 is 46.4 Å². The van der Waals surface area contributed by atoms with Crippen LogP contribution in [0.4, 0.5) is 21.7 Å². The summed E-state index contributed by atoms with van der Waals surface area (Å²) in [5, 5.41) is 6.33. The molecule has 132 valence electrons. The van der Waals surface area contributed by atoms with E-state index in [9.17, 15) is 9.18 Å². The lowest BCUT2D eigenvalue weighted by Crippen LogP contribution is -2.16. The second kappa shape index (κ2) is 7.68. The number of hydrogen-bond acceptors (Lipinski definition) is 4. The molecule has 5 nitrogen and oxygen atoms in total. The Labute approximate surface area is 159 Å². The zero-order valence-electron chi connectivity index (χ0n) is 13.6. The molecule has 0 saturated heterocycles. The lowest BCUT2D eigenvalue weighted by Gasteiger charge is -2.10. The number of halogens is 3. The molecule has 0 aliphatic rings. The summed E-state index contributed by atoms with van der Waals surface area (Å²) in [6.07, 6.45) is 0. The molecule has 1 aromatic heterocycles. The van der Waals surface area contributed by atoms with Crippen LogP contribution in [-0.2, 0) is 0 Å². The van der Waals surface area contributed by atoms with Gasteiger partial charge in [-0.05, 0) is 43.3 Å². The van der Waals surface area contributed by atoms with Crippen molar-refractivity contribution in [2.75, 3.05) is 10.6 Å². The van der Waals surface area contributed by atoms with Gasteiger partial charge in [0.2, 0.25) is 5.95 Å². The van der Waals surface area contributed by atoms with Crippen molar-refractivity contribution in [2.45, 2.75) is 6.92 Å². The van der Waals surface area contributed by atoms with E-state index in [0.29, 0.717) is 21.4 Å². The van der Waals surface area contributed by atoms with E-state index in [4.69, 9.17) is 23.2 Å². The number of benzene rings is 2. The summed E-state index contributed by atoms with van der Waals surface area (Å²) in [5.41, 5.74) is 1.21. The van der Waals surface area contributed by atoms with Gasteiger partial charge in [-0.25, -0.2) is 14.4 Å². The third-order valence-electron chi connectivity index (χ3n) is 3.38. The second-order valence-corrected chi connectivity index (χ2v) is 6.24. The van der Waals surface area contributed by atoms with Crippen LogP contribution in [0.25, 0.3) is 0 Å². The minimum atomic E-state index is -0.555. The first-order chi connectivity index (χ1) is 12.4. The van der Waals surface area contributed by atoms with Crippen LogP contribution >= 0.6 is 23.2 Å². The molecule has 8 heteroatoms. The van der Waals surface area contributed by atoms with Crippen LogP contribution in [0.3, 0.4) is 0 Å². The Morgan fingerprint density at radius 3 is 2.58 bits per heavy atom. The molecule has 2 N–H and O–H groups in total. The Morgan fingerprint density at radius 1 is 1.04 bits per heavy atom. The predicted molar refractivity (Wildman–Crippen MR) is 101 cm³/mol. The number of anilines is 3. The third kappa shape index (κ3) is 4.28. The van der Waals surface area contributed by atoms with Gasteiger partial charge in [-0.1, -0.05) is 35.3 Å². The highest BCUT2D eigenvalue weighted by Gasteiger charge is 2.13. The number of hydrogen-bond donors (Lipinski definition) is 2. The van der Waals surface area contributed by atoms with E-state index in [1.165, 1.54) is 24.3 Å². The fraction of sp³-hybridized carbons (Fsp3) is 0.0556. The number of rotatable bonds is 4. The van der Waals surface area contributed by atoms with E-state index in [1.807, 2.05) is 0 Å². The molecule has 3 aromatic rings. The van der Waals surface area contributed by atoms with Crippen LogP contribution in [0.2, 0.25) is 10.0 Å². The molecule has 0 unspecified atom stereocenters. The summed E-state index contributed by atoms with van der Waals surface area (Å²) in [6, 6.07) is 12.3. The average Bonchev–Trinajstić information content (AvgIpc) is 2.59. The number of carbonyl (C=O) groups is 1. The molecule has 0 spiro atoms. The summed E-state index contributed by atoms with van der Waals surface area (Å²) in [7, 11) is 0. The smallest absolute Gasteiger partial charge is 0.274 e. The van der Waals surface area contributed by atoms with Gasteiger partial charge in [0.1, 0.15) is 11.5 Å². The van der Waals surface area contributed by atoms with E-state index in [2.05, 4.69) is 20.6 Å². The van der Waals surface area contributed by atoms with Gasteiger partial charge < -0.3 is 10.6 Å². The number of amides is 1. The zero-order valence-corrected chi connectivity index (χ0v) is 15.1. The van der Waals surface area contributed by atoms with Crippen molar-refractivity contribution in [1.29, 1.82) is 0 Å². The van der Waals surface area contributed by atoms with Crippen LogP contribution in [0.15, 0.2) is 48.5 Å². The fourth-order valence-corrected chi connectivity index (χ4v) is 2.54. The van der Waals surface area contributed by atoms with E-state index in [-0.39, 0.29) is 17.3 Å². The van der Waals surface area contributed by atoms with Gasteiger partial charge in [0.25, 0.3) is 5.91 Å².